The van der Waals surface area contributed by atoms with E-state index in [0.29, 0.717) is 12.1 Å². The summed E-state index contributed by atoms with van der Waals surface area (Å²) in [5, 5.41) is 0. The maximum absolute atomic E-state index is 13.9. The second-order valence-corrected chi connectivity index (χ2v) is 4.91. The van der Waals surface area contributed by atoms with Gasteiger partial charge in [0.15, 0.2) is 11.6 Å². The van der Waals surface area contributed by atoms with Crippen molar-refractivity contribution in [3.8, 4) is 0 Å². The standard InChI is InChI=1S/C14H20F2N2/c1-2-7-18-8-6-10(9-17)14(18)11-4-3-5-12(15)13(11)16/h3-5,10,14H,2,6-9,17H2,1H3. The van der Waals surface area contributed by atoms with Crippen molar-refractivity contribution in [3.05, 3.63) is 35.4 Å². The van der Waals surface area contributed by atoms with E-state index in [0.717, 1.165) is 32.0 Å². The first-order chi connectivity index (χ1) is 8.69. The van der Waals surface area contributed by atoms with E-state index in [1.165, 1.54) is 0 Å². The SMILES string of the molecule is CCCN1CCC(CN)C1c1cccc(F)c1F. The van der Waals surface area contributed by atoms with E-state index in [1.807, 2.05) is 0 Å². The Labute approximate surface area is 107 Å². The van der Waals surface area contributed by atoms with Crippen molar-refractivity contribution in [1.29, 1.82) is 0 Å². The van der Waals surface area contributed by atoms with Crippen molar-refractivity contribution in [2.45, 2.75) is 25.8 Å². The van der Waals surface area contributed by atoms with E-state index in [-0.39, 0.29) is 12.0 Å². The molecule has 2 unspecified atom stereocenters. The number of halogens is 2. The molecule has 2 rings (SSSR count). The molecule has 4 heteroatoms. The zero-order valence-electron chi connectivity index (χ0n) is 10.7. The fourth-order valence-corrected chi connectivity index (χ4v) is 2.91. The van der Waals surface area contributed by atoms with Gasteiger partial charge in [-0.3, -0.25) is 4.90 Å². The van der Waals surface area contributed by atoms with Crippen molar-refractivity contribution in [2.24, 2.45) is 11.7 Å². The van der Waals surface area contributed by atoms with Gasteiger partial charge >= 0.3 is 0 Å². The van der Waals surface area contributed by atoms with Gasteiger partial charge in [-0.1, -0.05) is 19.1 Å². The van der Waals surface area contributed by atoms with Crippen LogP contribution in [0.3, 0.4) is 0 Å². The maximum Gasteiger partial charge on any atom is 0.163 e. The number of nitrogens with two attached hydrogens (primary N) is 1. The Morgan fingerprint density at radius 1 is 1.39 bits per heavy atom. The van der Waals surface area contributed by atoms with Crippen LogP contribution >= 0.6 is 0 Å². The molecule has 2 atom stereocenters. The van der Waals surface area contributed by atoms with Crippen LogP contribution in [-0.4, -0.2) is 24.5 Å². The molecule has 1 fully saturated rings. The van der Waals surface area contributed by atoms with Crippen LogP contribution in [0.25, 0.3) is 0 Å². The van der Waals surface area contributed by atoms with Gasteiger partial charge in [0, 0.05) is 11.6 Å². The average molecular weight is 254 g/mol. The van der Waals surface area contributed by atoms with Crippen LogP contribution in [0, 0.1) is 17.6 Å². The van der Waals surface area contributed by atoms with E-state index < -0.39 is 11.6 Å². The van der Waals surface area contributed by atoms with Crippen LogP contribution in [-0.2, 0) is 0 Å². The lowest BCUT2D eigenvalue weighted by Gasteiger charge is -2.28. The van der Waals surface area contributed by atoms with Crippen molar-refractivity contribution < 1.29 is 8.78 Å². The Morgan fingerprint density at radius 2 is 2.17 bits per heavy atom. The van der Waals surface area contributed by atoms with Gasteiger partial charge in [0.1, 0.15) is 0 Å². The second-order valence-electron chi connectivity index (χ2n) is 4.91. The normalized spacial score (nSPS) is 24.7. The molecule has 1 heterocycles. The highest BCUT2D eigenvalue weighted by atomic mass is 19.2. The molecule has 1 aromatic rings. The number of rotatable bonds is 4. The molecule has 1 saturated heterocycles. The van der Waals surface area contributed by atoms with Crippen molar-refractivity contribution in [2.75, 3.05) is 19.6 Å². The van der Waals surface area contributed by atoms with Crippen LogP contribution in [0.2, 0.25) is 0 Å². The summed E-state index contributed by atoms with van der Waals surface area (Å²) in [4.78, 5) is 2.22. The minimum absolute atomic E-state index is 0.0781. The van der Waals surface area contributed by atoms with Gasteiger partial charge in [-0.05, 0) is 44.5 Å². The lowest BCUT2D eigenvalue weighted by Crippen LogP contribution is -2.29. The third-order valence-corrected chi connectivity index (χ3v) is 3.74. The molecule has 0 bridgehead atoms. The minimum Gasteiger partial charge on any atom is -0.330 e. The van der Waals surface area contributed by atoms with E-state index in [9.17, 15) is 8.78 Å². The first kappa shape index (κ1) is 13.4. The predicted molar refractivity (Wildman–Crippen MR) is 68.1 cm³/mol. The molecule has 0 saturated carbocycles. The highest BCUT2D eigenvalue weighted by Crippen LogP contribution is 2.38. The highest BCUT2D eigenvalue weighted by molar-refractivity contribution is 5.24. The van der Waals surface area contributed by atoms with E-state index in [1.54, 1.807) is 12.1 Å². The molecule has 0 aliphatic carbocycles. The topological polar surface area (TPSA) is 29.3 Å². The van der Waals surface area contributed by atoms with Gasteiger partial charge in [-0.15, -0.1) is 0 Å². The first-order valence-corrected chi connectivity index (χ1v) is 6.57. The maximum atomic E-state index is 13.9. The van der Waals surface area contributed by atoms with Gasteiger partial charge in [0.05, 0.1) is 0 Å². The van der Waals surface area contributed by atoms with Crippen molar-refractivity contribution >= 4 is 0 Å². The Balaban J connectivity index is 2.34. The predicted octanol–water partition coefficient (Wildman–Crippen LogP) is 2.70. The number of hydrogen-bond acceptors (Lipinski definition) is 2. The summed E-state index contributed by atoms with van der Waals surface area (Å²) < 4.78 is 27.3. The van der Waals surface area contributed by atoms with Crippen LogP contribution in [0.15, 0.2) is 18.2 Å². The van der Waals surface area contributed by atoms with Crippen molar-refractivity contribution in [3.63, 3.8) is 0 Å². The molecule has 2 nitrogen and oxygen atoms in total. The molecular formula is C14H20F2N2. The molecule has 0 amide bonds. The second kappa shape index (κ2) is 5.76. The monoisotopic (exact) mass is 254 g/mol. The number of benzene rings is 1. The van der Waals surface area contributed by atoms with Gasteiger partial charge < -0.3 is 5.73 Å². The molecular weight excluding hydrogens is 234 g/mol. The van der Waals surface area contributed by atoms with E-state index >= 15 is 0 Å². The summed E-state index contributed by atoms with van der Waals surface area (Å²) >= 11 is 0. The number of likely N-dealkylation sites (tertiary alicyclic amines) is 1. The van der Waals surface area contributed by atoms with E-state index in [4.69, 9.17) is 5.73 Å². The summed E-state index contributed by atoms with van der Waals surface area (Å²) in [6.45, 7) is 4.42. The third kappa shape index (κ3) is 2.40. The summed E-state index contributed by atoms with van der Waals surface area (Å²) in [6, 6.07) is 4.34. The molecule has 2 N–H and O–H groups in total. The van der Waals surface area contributed by atoms with Gasteiger partial charge in [-0.25, -0.2) is 8.78 Å². The molecule has 0 radical (unpaired) electrons. The molecule has 1 aliphatic heterocycles. The Morgan fingerprint density at radius 3 is 2.83 bits per heavy atom. The first-order valence-electron chi connectivity index (χ1n) is 6.57. The van der Waals surface area contributed by atoms with E-state index in [2.05, 4.69) is 11.8 Å². The molecule has 1 aromatic carbocycles. The molecule has 1 aliphatic rings. The smallest absolute Gasteiger partial charge is 0.163 e. The fourth-order valence-electron chi connectivity index (χ4n) is 2.91. The lowest BCUT2D eigenvalue weighted by molar-refractivity contribution is 0.224. The summed E-state index contributed by atoms with van der Waals surface area (Å²) in [5.41, 5.74) is 6.22. The molecule has 0 aromatic heterocycles. The van der Waals surface area contributed by atoms with Gasteiger partial charge in [0.25, 0.3) is 0 Å². The number of hydrogen-bond donors (Lipinski definition) is 1. The summed E-state index contributed by atoms with van der Waals surface area (Å²) in [5.74, 6) is -1.27. The third-order valence-electron chi connectivity index (χ3n) is 3.74. The number of nitrogens with zero attached hydrogens (tertiary/aromatic N) is 1. The largest absolute Gasteiger partial charge is 0.330 e. The Hall–Kier alpha value is -1.00. The Kier molecular flexibility index (Phi) is 4.30. The minimum atomic E-state index is -0.772. The molecule has 100 valence electrons. The van der Waals surface area contributed by atoms with Gasteiger partial charge in [-0.2, -0.15) is 0 Å². The quantitative estimate of drug-likeness (QED) is 0.895. The molecule has 18 heavy (non-hydrogen) atoms. The molecule has 0 spiro atoms. The average Bonchev–Trinajstić information content (AvgIpc) is 2.76. The van der Waals surface area contributed by atoms with Crippen LogP contribution in [0.5, 0.6) is 0 Å². The lowest BCUT2D eigenvalue weighted by atomic mass is 9.93. The summed E-state index contributed by atoms with van der Waals surface area (Å²) in [6.07, 6.45) is 1.96. The van der Waals surface area contributed by atoms with Gasteiger partial charge in [0.2, 0.25) is 0 Å². The summed E-state index contributed by atoms with van der Waals surface area (Å²) in [7, 11) is 0. The van der Waals surface area contributed by atoms with Crippen LogP contribution in [0.4, 0.5) is 8.78 Å². The fraction of sp³-hybridized carbons (Fsp3) is 0.571. The highest BCUT2D eigenvalue weighted by Gasteiger charge is 2.35. The Bertz CT molecular complexity index is 409. The zero-order chi connectivity index (χ0) is 13.1. The zero-order valence-corrected chi connectivity index (χ0v) is 10.7. The van der Waals surface area contributed by atoms with Crippen molar-refractivity contribution in [1.82, 2.24) is 4.90 Å². The van der Waals surface area contributed by atoms with Crippen LogP contribution in [0.1, 0.15) is 31.4 Å². The van der Waals surface area contributed by atoms with Crippen LogP contribution < -0.4 is 5.73 Å².